The van der Waals surface area contributed by atoms with Crippen LogP contribution in [-0.4, -0.2) is 16.3 Å². The Morgan fingerprint density at radius 1 is 1.38 bits per heavy atom. The summed E-state index contributed by atoms with van der Waals surface area (Å²) in [6, 6.07) is 9.73. The number of pyridine rings is 1. The average Bonchev–Trinajstić information content (AvgIpc) is 2.29. The highest BCUT2D eigenvalue weighted by molar-refractivity contribution is 7.80. The van der Waals surface area contributed by atoms with Crippen LogP contribution in [0.15, 0.2) is 41.6 Å². The molecule has 80 valence electrons. The smallest absolute Gasteiger partial charge is 0.184 e. The van der Waals surface area contributed by atoms with Crippen molar-refractivity contribution in [3.05, 3.63) is 42.1 Å². The van der Waals surface area contributed by atoms with Gasteiger partial charge in [-0.05, 0) is 24.4 Å². The van der Waals surface area contributed by atoms with Crippen molar-refractivity contribution in [3.63, 3.8) is 0 Å². The molecule has 1 heterocycles. The number of benzene rings is 1. The van der Waals surface area contributed by atoms with E-state index >= 15 is 0 Å². The molecule has 1 aromatic carbocycles. The molecular formula is C11H10N4S. The third-order valence-electron chi connectivity index (χ3n) is 2.06. The molecule has 0 amide bonds. The summed E-state index contributed by atoms with van der Waals surface area (Å²) in [5, 5.41) is 5.11. The Kier molecular flexibility index (Phi) is 3.07. The first-order chi connectivity index (χ1) is 7.77. The van der Waals surface area contributed by atoms with Gasteiger partial charge in [0.1, 0.15) is 0 Å². The van der Waals surface area contributed by atoms with Gasteiger partial charge in [0.2, 0.25) is 0 Å². The molecule has 0 saturated carbocycles. The van der Waals surface area contributed by atoms with Crippen molar-refractivity contribution in [2.24, 2.45) is 10.8 Å². The second-order valence-electron chi connectivity index (χ2n) is 3.15. The maximum absolute atomic E-state index is 5.26. The van der Waals surface area contributed by atoms with Gasteiger partial charge in [0.15, 0.2) is 5.11 Å². The fourth-order valence-corrected chi connectivity index (χ4v) is 1.45. The fourth-order valence-electron chi connectivity index (χ4n) is 1.40. The average molecular weight is 230 g/mol. The lowest BCUT2D eigenvalue weighted by Gasteiger charge is -2.00. The largest absolute Gasteiger partial charge is 0.375 e. The lowest BCUT2D eigenvalue weighted by Crippen LogP contribution is -2.24. The number of nitrogens with two attached hydrogens (primary N) is 1. The van der Waals surface area contributed by atoms with Crippen molar-refractivity contribution in [2.75, 3.05) is 0 Å². The highest BCUT2D eigenvalue weighted by Crippen LogP contribution is 2.13. The maximum atomic E-state index is 5.26. The molecule has 0 atom stereocenters. The van der Waals surface area contributed by atoms with E-state index in [0.29, 0.717) is 0 Å². The third kappa shape index (κ3) is 2.32. The van der Waals surface area contributed by atoms with Gasteiger partial charge in [-0.1, -0.05) is 18.2 Å². The van der Waals surface area contributed by atoms with Gasteiger partial charge in [-0.2, -0.15) is 5.10 Å². The molecule has 2 rings (SSSR count). The van der Waals surface area contributed by atoms with Crippen molar-refractivity contribution >= 4 is 34.4 Å². The normalized spacial score (nSPS) is 10.8. The molecule has 0 spiro atoms. The second-order valence-corrected chi connectivity index (χ2v) is 3.59. The SMILES string of the molecule is NC(=S)N/N=C/c1ccnc2ccccc12. The molecule has 0 radical (unpaired) electrons. The van der Waals surface area contributed by atoms with E-state index in [9.17, 15) is 0 Å². The zero-order valence-electron chi connectivity index (χ0n) is 8.42. The van der Waals surface area contributed by atoms with Gasteiger partial charge >= 0.3 is 0 Å². The quantitative estimate of drug-likeness (QED) is 0.465. The fraction of sp³-hybridized carbons (Fsp3) is 0. The molecular weight excluding hydrogens is 220 g/mol. The number of hydrogen-bond acceptors (Lipinski definition) is 3. The summed E-state index contributed by atoms with van der Waals surface area (Å²) in [7, 11) is 0. The van der Waals surface area contributed by atoms with Crippen LogP contribution in [0.4, 0.5) is 0 Å². The van der Waals surface area contributed by atoms with Gasteiger partial charge in [-0.15, -0.1) is 0 Å². The molecule has 16 heavy (non-hydrogen) atoms. The van der Waals surface area contributed by atoms with E-state index in [1.807, 2.05) is 30.3 Å². The highest BCUT2D eigenvalue weighted by atomic mass is 32.1. The highest BCUT2D eigenvalue weighted by Gasteiger charge is 1.97. The minimum absolute atomic E-state index is 0.148. The van der Waals surface area contributed by atoms with Crippen LogP contribution in [0.3, 0.4) is 0 Å². The minimum Gasteiger partial charge on any atom is -0.375 e. The lowest BCUT2D eigenvalue weighted by atomic mass is 10.1. The molecule has 0 fully saturated rings. The van der Waals surface area contributed by atoms with E-state index in [2.05, 4.69) is 27.7 Å². The molecule has 0 aliphatic carbocycles. The van der Waals surface area contributed by atoms with Crippen LogP contribution in [0, 0.1) is 0 Å². The molecule has 0 unspecified atom stereocenters. The van der Waals surface area contributed by atoms with Crippen molar-refractivity contribution < 1.29 is 0 Å². The van der Waals surface area contributed by atoms with E-state index in [1.165, 1.54) is 0 Å². The van der Waals surface area contributed by atoms with E-state index in [-0.39, 0.29) is 5.11 Å². The van der Waals surface area contributed by atoms with Gasteiger partial charge in [-0.25, -0.2) is 0 Å². The Morgan fingerprint density at radius 3 is 3.00 bits per heavy atom. The number of rotatable bonds is 2. The second kappa shape index (κ2) is 4.67. The van der Waals surface area contributed by atoms with Crippen molar-refractivity contribution in [3.8, 4) is 0 Å². The van der Waals surface area contributed by atoms with Crippen LogP contribution in [0.2, 0.25) is 0 Å². The molecule has 3 N–H and O–H groups in total. The number of hydrogen-bond donors (Lipinski definition) is 2. The standard InChI is InChI=1S/C11H10N4S/c12-11(16)15-14-7-8-5-6-13-10-4-2-1-3-9(8)10/h1-7H,(H3,12,15,16)/b14-7+. The monoisotopic (exact) mass is 230 g/mol. The first kappa shape index (κ1) is 10.5. The number of hydrazone groups is 1. The van der Waals surface area contributed by atoms with Gasteiger partial charge in [0, 0.05) is 17.1 Å². The summed E-state index contributed by atoms with van der Waals surface area (Å²) in [4.78, 5) is 4.25. The van der Waals surface area contributed by atoms with E-state index in [4.69, 9.17) is 5.73 Å². The summed E-state index contributed by atoms with van der Waals surface area (Å²) >= 11 is 4.65. The minimum atomic E-state index is 0.148. The van der Waals surface area contributed by atoms with Crippen LogP contribution < -0.4 is 11.2 Å². The Bertz CT molecular complexity index is 545. The summed E-state index contributed by atoms with van der Waals surface area (Å²) in [5.41, 5.74) is 9.68. The van der Waals surface area contributed by atoms with Crippen molar-refractivity contribution in [1.82, 2.24) is 10.4 Å². The van der Waals surface area contributed by atoms with Crippen LogP contribution in [0.1, 0.15) is 5.56 Å². The van der Waals surface area contributed by atoms with Gasteiger partial charge in [0.25, 0.3) is 0 Å². The molecule has 5 heteroatoms. The van der Waals surface area contributed by atoms with Gasteiger partial charge < -0.3 is 5.73 Å². The lowest BCUT2D eigenvalue weighted by molar-refractivity contribution is 1.04. The summed E-state index contributed by atoms with van der Waals surface area (Å²) in [6.07, 6.45) is 3.41. The Balaban J connectivity index is 2.37. The van der Waals surface area contributed by atoms with Crippen LogP contribution >= 0.6 is 12.2 Å². The molecule has 0 saturated heterocycles. The van der Waals surface area contributed by atoms with E-state index in [0.717, 1.165) is 16.5 Å². The van der Waals surface area contributed by atoms with Crippen LogP contribution in [-0.2, 0) is 0 Å². The van der Waals surface area contributed by atoms with E-state index < -0.39 is 0 Å². The summed E-state index contributed by atoms with van der Waals surface area (Å²) in [6.45, 7) is 0. The first-order valence-corrected chi connectivity index (χ1v) is 5.10. The molecule has 0 aliphatic heterocycles. The van der Waals surface area contributed by atoms with Crippen LogP contribution in [0.25, 0.3) is 10.9 Å². The molecule has 4 nitrogen and oxygen atoms in total. The Hall–Kier alpha value is -2.01. The topological polar surface area (TPSA) is 63.3 Å². The van der Waals surface area contributed by atoms with Crippen molar-refractivity contribution in [2.45, 2.75) is 0 Å². The number of fused-ring (bicyclic) bond motifs is 1. The number of para-hydroxylation sites is 1. The maximum Gasteiger partial charge on any atom is 0.184 e. The van der Waals surface area contributed by atoms with Gasteiger partial charge in [-0.3, -0.25) is 10.4 Å². The number of nitrogens with one attached hydrogen (secondary N) is 1. The molecule has 0 bridgehead atoms. The zero-order chi connectivity index (χ0) is 11.4. The number of nitrogens with zero attached hydrogens (tertiary/aromatic N) is 2. The summed E-state index contributed by atoms with van der Waals surface area (Å²) < 4.78 is 0. The van der Waals surface area contributed by atoms with Crippen molar-refractivity contribution in [1.29, 1.82) is 0 Å². The predicted molar refractivity (Wildman–Crippen MR) is 69.3 cm³/mol. The Morgan fingerprint density at radius 2 is 2.19 bits per heavy atom. The van der Waals surface area contributed by atoms with Crippen LogP contribution in [0.5, 0.6) is 0 Å². The first-order valence-electron chi connectivity index (χ1n) is 4.69. The molecule has 2 aromatic rings. The number of thiocarbonyl (C=S) groups is 1. The third-order valence-corrected chi connectivity index (χ3v) is 2.15. The Labute approximate surface area is 98.2 Å². The van der Waals surface area contributed by atoms with Gasteiger partial charge in [0.05, 0.1) is 11.7 Å². The van der Waals surface area contributed by atoms with E-state index in [1.54, 1.807) is 12.4 Å². The summed E-state index contributed by atoms with van der Waals surface area (Å²) in [5.74, 6) is 0. The number of aromatic nitrogens is 1. The zero-order valence-corrected chi connectivity index (χ0v) is 9.24. The molecule has 1 aromatic heterocycles. The predicted octanol–water partition coefficient (Wildman–Crippen LogP) is 1.40. The molecule has 0 aliphatic rings.